The monoisotopic (exact) mass is 225 g/mol. The molecule has 0 radical (unpaired) electrons. The van der Waals surface area contributed by atoms with Gasteiger partial charge in [0.25, 0.3) is 0 Å². The lowest BCUT2D eigenvalue weighted by Crippen LogP contribution is -2.04. The van der Waals surface area contributed by atoms with E-state index in [-0.39, 0.29) is 6.61 Å². The molecule has 1 aromatic rings. The Bertz CT molecular complexity index is 331. The molecule has 1 aromatic carbocycles. The molecule has 0 amide bonds. The molecule has 0 saturated carbocycles. The summed E-state index contributed by atoms with van der Waals surface area (Å²) in [6, 6.07) is 9.01. The van der Waals surface area contributed by atoms with Crippen LogP contribution in [0.1, 0.15) is 18.1 Å². The fourth-order valence-corrected chi connectivity index (χ4v) is 1.24. The van der Waals surface area contributed by atoms with Crippen LogP contribution in [-0.2, 0) is 4.74 Å². The molecule has 0 aromatic heterocycles. The van der Waals surface area contributed by atoms with E-state index >= 15 is 0 Å². The summed E-state index contributed by atoms with van der Waals surface area (Å²) in [6.45, 7) is 0.441. The lowest BCUT2D eigenvalue weighted by molar-refractivity contribution is 0.0774. The van der Waals surface area contributed by atoms with Crippen LogP contribution < -0.4 is 0 Å². The highest BCUT2D eigenvalue weighted by atomic mass is 35.5. The number of hydrogen-bond donors (Lipinski definition) is 1. The van der Waals surface area contributed by atoms with Crippen molar-refractivity contribution in [3.63, 3.8) is 0 Å². The first-order chi connectivity index (χ1) is 7.27. The highest BCUT2D eigenvalue weighted by Gasteiger charge is 2.09. The maximum Gasteiger partial charge on any atom is 0.169 e. The Kier molecular flexibility index (Phi) is 5.13. The predicted octanol–water partition coefficient (Wildman–Crippen LogP) is 2.30. The van der Waals surface area contributed by atoms with Gasteiger partial charge in [-0.2, -0.15) is 5.26 Å². The quantitative estimate of drug-likeness (QED) is 0.783. The molecule has 1 unspecified atom stereocenters. The van der Waals surface area contributed by atoms with Crippen molar-refractivity contribution >= 4 is 11.6 Å². The summed E-state index contributed by atoms with van der Waals surface area (Å²) in [6.07, 6.45) is -0.0556. The van der Waals surface area contributed by atoms with E-state index in [1.807, 2.05) is 6.07 Å². The molecular formula is C11H12ClNO2. The van der Waals surface area contributed by atoms with Crippen LogP contribution >= 0.6 is 11.6 Å². The molecule has 0 aliphatic rings. The lowest BCUT2D eigenvalue weighted by atomic mass is 10.1. The van der Waals surface area contributed by atoms with Crippen molar-refractivity contribution in [1.29, 1.82) is 5.26 Å². The van der Waals surface area contributed by atoms with Crippen LogP contribution in [0, 0.1) is 11.3 Å². The van der Waals surface area contributed by atoms with Gasteiger partial charge in [0.1, 0.15) is 0 Å². The second kappa shape index (κ2) is 6.41. The standard InChI is InChI=1S/C11H12ClNO2/c12-10-4-2-9(3-5-10)11(8-13)15-7-1-6-14/h2-5,11,14H,1,6-7H2. The normalized spacial score (nSPS) is 12.1. The Labute approximate surface area is 93.9 Å². The topological polar surface area (TPSA) is 53.2 Å². The predicted molar refractivity (Wildman–Crippen MR) is 57.5 cm³/mol. The van der Waals surface area contributed by atoms with Crippen LogP contribution in [0.2, 0.25) is 5.02 Å². The van der Waals surface area contributed by atoms with Crippen LogP contribution in [0.5, 0.6) is 0 Å². The smallest absolute Gasteiger partial charge is 0.169 e. The molecule has 1 atom stereocenters. The number of halogens is 1. The third-order valence-electron chi connectivity index (χ3n) is 1.88. The third-order valence-corrected chi connectivity index (χ3v) is 2.13. The molecule has 0 aliphatic heterocycles. The molecule has 0 fully saturated rings. The fraction of sp³-hybridized carbons (Fsp3) is 0.364. The minimum absolute atomic E-state index is 0.0682. The molecule has 0 aliphatic carbocycles. The van der Waals surface area contributed by atoms with Crippen molar-refractivity contribution < 1.29 is 9.84 Å². The summed E-state index contributed by atoms with van der Waals surface area (Å²) in [5, 5.41) is 18.1. The summed E-state index contributed by atoms with van der Waals surface area (Å²) >= 11 is 5.73. The van der Waals surface area contributed by atoms with Gasteiger partial charge in [-0.3, -0.25) is 0 Å². The Morgan fingerprint density at radius 1 is 1.40 bits per heavy atom. The van der Waals surface area contributed by atoms with E-state index in [1.54, 1.807) is 24.3 Å². The van der Waals surface area contributed by atoms with Gasteiger partial charge in [0.05, 0.1) is 12.7 Å². The zero-order valence-corrected chi connectivity index (χ0v) is 8.94. The average Bonchev–Trinajstić information content (AvgIpc) is 2.26. The van der Waals surface area contributed by atoms with Gasteiger partial charge in [-0.1, -0.05) is 23.7 Å². The molecule has 80 valence electrons. The van der Waals surface area contributed by atoms with E-state index in [4.69, 9.17) is 26.7 Å². The zero-order chi connectivity index (χ0) is 11.1. The van der Waals surface area contributed by atoms with Crippen LogP contribution in [0.3, 0.4) is 0 Å². The van der Waals surface area contributed by atoms with Crippen molar-refractivity contribution in [2.75, 3.05) is 13.2 Å². The molecule has 0 spiro atoms. The van der Waals surface area contributed by atoms with Gasteiger partial charge in [0, 0.05) is 11.6 Å². The maximum absolute atomic E-state index is 8.88. The summed E-state index contributed by atoms with van der Waals surface area (Å²) < 4.78 is 5.29. The maximum atomic E-state index is 8.88. The molecule has 15 heavy (non-hydrogen) atoms. The van der Waals surface area contributed by atoms with Gasteiger partial charge in [0.2, 0.25) is 0 Å². The van der Waals surface area contributed by atoms with E-state index < -0.39 is 6.10 Å². The zero-order valence-electron chi connectivity index (χ0n) is 8.19. The van der Waals surface area contributed by atoms with Crippen LogP contribution in [0.4, 0.5) is 0 Å². The number of aliphatic hydroxyl groups is 1. The van der Waals surface area contributed by atoms with Crippen molar-refractivity contribution in [3.05, 3.63) is 34.9 Å². The molecular weight excluding hydrogens is 214 g/mol. The molecule has 1 rings (SSSR count). The number of hydrogen-bond acceptors (Lipinski definition) is 3. The van der Waals surface area contributed by atoms with Crippen LogP contribution in [0.25, 0.3) is 0 Å². The molecule has 1 N–H and O–H groups in total. The van der Waals surface area contributed by atoms with Crippen LogP contribution in [-0.4, -0.2) is 18.3 Å². The van der Waals surface area contributed by atoms with Crippen molar-refractivity contribution in [3.8, 4) is 6.07 Å². The van der Waals surface area contributed by atoms with E-state index in [1.165, 1.54) is 0 Å². The summed E-state index contributed by atoms with van der Waals surface area (Å²) in [5.41, 5.74) is 0.778. The Hall–Kier alpha value is -1.08. The van der Waals surface area contributed by atoms with Gasteiger partial charge in [0.15, 0.2) is 6.10 Å². The molecule has 0 bridgehead atoms. The van der Waals surface area contributed by atoms with E-state index in [0.717, 1.165) is 5.56 Å². The number of aliphatic hydroxyl groups excluding tert-OH is 1. The number of rotatable bonds is 5. The SMILES string of the molecule is N#CC(OCCCO)c1ccc(Cl)cc1. The number of nitrogens with zero attached hydrogens (tertiary/aromatic N) is 1. The first-order valence-electron chi connectivity index (χ1n) is 4.65. The van der Waals surface area contributed by atoms with Crippen molar-refractivity contribution in [2.24, 2.45) is 0 Å². The fourth-order valence-electron chi connectivity index (χ4n) is 1.11. The van der Waals surface area contributed by atoms with Crippen molar-refractivity contribution in [2.45, 2.75) is 12.5 Å². The van der Waals surface area contributed by atoms with Gasteiger partial charge in [-0.25, -0.2) is 0 Å². The summed E-state index contributed by atoms with van der Waals surface area (Å²) in [7, 11) is 0. The van der Waals surface area contributed by atoms with Crippen molar-refractivity contribution in [1.82, 2.24) is 0 Å². The van der Waals surface area contributed by atoms with E-state index in [2.05, 4.69) is 0 Å². The number of ether oxygens (including phenoxy) is 1. The minimum atomic E-state index is -0.589. The molecule has 0 saturated heterocycles. The van der Waals surface area contributed by atoms with Gasteiger partial charge in [-0.05, 0) is 24.1 Å². The second-order valence-corrected chi connectivity index (χ2v) is 3.45. The first kappa shape index (κ1) is 12.0. The first-order valence-corrected chi connectivity index (χ1v) is 5.03. The highest BCUT2D eigenvalue weighted by molar-refractivity contribution is 6.30. The molecule has 0 heterocycles. The van der Waals surface area contributed by atoms with Gasteiger partial charge < -0.3 is 9.84 Å². The number of nitriles is 1. The lowest BCUT2D eigenvalue weighted by Gasteiger charge is -2.10. The minimum Gasteiger partial charge on any atom is -0.396 e. The number of benzene rings is 1. The Morgan fingerprint density at radius 2 is 2.07 bits per heavy atom. The van der Waals surface area contributed by atoms with Crippen LogP contribution in [0.15, 0.2) is 24.3 Å². The van der Waals surface area contributed by atoms with E-state index in [9.17, 15) is 0 Å². The van der Waals surface area contributed by atoms with Gasteiger partial charge >= 0.3 is 0 Å². The molecule has 4 heteroatoms. The largest absolute Gasteiger partial charge is 0.396 e. The van der Waals surface area contributed by atoms with Gasteiger partial charge in [-0.15, -0.1) is 0 Å². The molecule has 3 nitrogen and oxygen atoms in total. The summed E-state index contributed by atoms with van der Waals surface area (Å²) in [4.78, 5) is 0. The summed E-state index contributed by atoms with van der Waals surface area (Å²) in [5.74, 6) is 0. The van der Waals surface area contributed by atoms with E-state index in [0.29, 0.717) is 18.1 Å². The third kappa shape index (κ3) is 3.88. The highest BCUT2D eigenvalue weighted by Crippen LogP contribution is 2.19. The second-order valence-electron chi connectivity index (χ2n) is 3.01. The Morgan fingerprint density at radius 3 is 2.60 bits per heavy atom. The average molecular weight is 226 g/mol. The Balaban J connectivity index is 2.59.